The van der Waals surface area contributed by atoms with E-state index in [0.29, 0.717) is 21.2 Å². The Morgan fingerprint density at radius 1 is 1.07 bits per heavy atom. The molecule has 0 aliphatic rings. The van der Waals surface area contributed by atoms with Gasteiger partial charge in [0.05, 0.1) is 6.54 Å². The first-order valence-electron chi connectivity index (χ1n) is 8.91. The minimum atomic E-state index is -1.23. The number of hydrogen-bond acceptors (Lipinski definition) is 4. The zero-order valence-electron chi connectivity index (χ0n) is 16.4. The van der Waals surface area contributed by atoms with E-state index in [2.05, 4.69) is 0 Å². The van der Waals surface area contributed by atoms with Crippen LogP contribution in [0.3, 0.4) is 0 Å². The van der Waals surface area contributed by atoms with E-state index in [0.717, 1.165) is 4.90 Å². The number of hydrogen-bond donors (Lipinski definition) is 2. The summed E-state index contributed by atoms with van der Waals surface area (Å²) in [4.78, 5) is 26.1. The van der Waals surface area contributed by atoms with Crippen molar-refractivity contribution in [2.24, 2.45) is 0 Å². The Morgan fingerprint density at radius 2 is 1.62 bits per heavy atom. The molecule has 0 spiro atoms. The average Bonchev–Trinajstić information content (AvgIpc) is 2.60. The highest BCUT2D eigenvalue weighted by Gasteiger charge is 2.34. The molecule has 2 aromatic carbocycles. The topological polar surface area (TPSA) is 87.1 Å². The van der Waals surface area contributed by atoms with Crippen molar-refractivity contribution in [1.82, 2.24) is 4.90 Å². The molecule has 8 heteroatoms. The summed E-state index contributed by atoms with van der Waals surface area (Å²) >= 11 is 12.5. The van der Waals surface area contributed by atoms with E-state index in [-0.39, 0.29) is 18.7 Å². The van der Waals surface area contributed by atoms with Gasteiger partial charge in [0.1, 0.15) is 17.4 Å². The molecule has 156 valence electrons. The fourth-order valence-corrected chi connectivity index (χ4v) is 3.18. The van der Waals surface area contributed by atoms with Gasteiger partial charge < -0.3 is 14.9 Å². The standard InChI is InChI=1S/C21H23Cl2NO5/c1-21(2,3)29-20(28)24(12-15-16(22)5-4-6-17(15)23)18(19(26)27)11-13-7-9-14(25)10-8-13/h4-10,18,25H,11-12H2,1-3H3,(H,26,27)/t18-/m0/s1. The second kappa shape index (κ2) is 9.37. The highest BCUT2D eigenvalue weighted by Crippen LogP contribution is 2.28. The number of ether oxygens (including phenoxy) is 1. The maximum Gasteiger partial charge on any atom is 0.411 e. The Balaban J connectivity index is 2.42. The normalized spacial score (nSPS) is 12.3. The Kier molecular flexibility index (Phi) is 7.38. The molecule has 1 amide bonds. The first-order valence-corrected chi connectivity index (χ1v) is 9.67. The third kappa shape index (κ3) is 6.54. The van der Waals surface area contributed by atoms with Crippen LogP contribution in [0.15, 0.2) is 42.5 Å². The van der Waals surface area contributed by atoms with Gasteiger partial charge in [-0.25, -0.2) is 9.59 Å². The van der Waals surface area contributed by atoms with Crippen molar-refractivity contribution in [3.05, 3.63) is 63.6 Å². The third-order valence-electron chi connectivity index (χ3n) is 4.04. The van der Waals surface area contributed by atoms with Crippen LogP contribution in [0.4, 0.5) is 4.79 Å². The summed E-state index contributed by atoms with van der Waals surface area (Å²) < 4.78 is 5.44. The molecule has 6 nitrogen and oxygen atoms in total. The number of benzene rings is 2. The molecule has 0 saturated heterocycles. The van der Waals surface area contributed by atoms with Gasteiger partial charge in [-0.05, 0) is 50.6 Å². The first-order chi connectivity index (χ1) is 13.5. The lowest BCUT2D eigenvalue weighted by Crippen LogP contribution is -2.48. The van der Waals surface area contributed by atoms with Crippen molar-refractivity contribution < 1.29 is 24.5 Å². The van der Waals surface area contributed by atoms with E-state index in [9.17, 15) is 19.8 Å². The van der Waals surface area contributed by atoms with Crippen molar-refractivity contribution in [2.75, 3.05) is 0 Å². The molecule has 0 fully saturated rings. The van der Waals surface area contributed by atoms with E-state index in [1.807, 2.05) is 0 Å². The van der Waals surface area contributed by atoms with Crippen LogP contribution in [0, 0.1) is 0 Å². The number of amides is 1. The molecule has 0 aliphatic carbocycles. The van der Waals surface area contributed by atoms with Crippen LogP contribution in [0.5, 0.6) is 5.75 Å². The number of halogens is 2. The summed E-state index contributed by atoms with van der Waals surface area (Å²) in [5.74, 6) is -1.14. The summed E-state index contributed by atoms with van der Waals surface area (Å²) in [5.41, 5.74) is 0.244. The number of phenols is 1. The smallest absolute Gasteiger partial charge is 0.411 e. The fourth-order valence-electron chi connectivity index (χ4n) is 2.66. The minimum Gasteiger partial charge on any atom is -0.508 e. The Bertz CT molecular complexity index is 857. The lowest BCUT2D eigenvalue weighted by Gasteiger charge is -2.32. The molecule has 2 aromatic rings. The number of aromatic hydroxyl groups is 1. The Morgan fingerprint density at radius 3 is 2.10 bits per heavy atom. The van der Waals surface area contributed by atoms with Gasteiger partial charge in [0.2, 0.25) is 0 Å². The SMILES string of the molecule is CC(C)(C)OC(=O)N(Cc1c(Cl)cccc1Cl)[C@@H](Cc1ccc(O)cc1)C(=O)O. The van der Waals surface area contributed by atoms with Gasteiger partial charge in [-0.1, -0.05) is 41.4 Å². The van der Waals surface area contributed by atoms with Crippen LogP contribution in [-0.2, 0) is 22.5 Å². The van der Waals surface area contributed by atoms with Gasteiger partial charge in [-0.3, -0.25) is 4.90 Å². The molecule has 0 saturated carbocycles. The lowest BCUT2D eigenvalue weighted by molar-refractivity contribution is -0.143. The molecule has 2 rings (SSSR count). The van der Waals surface area contributed by atoms with Gasteiger partial charge in [-0.2, -0.15) is 0 Å². The Hall–Kier alpha value is -2.44. The predicted molar refractivity (Wildman–Crippen MR) is 111 cm³/mol. The quantitative estimate of drug-likeness (QED) is 0.650. The number of carbonyl (C=O) groups is 2. The number of nitrogens with zero attached hydrogens (tertiary/aromatic N) is 1. The fraction of sp³-hybridized carbons (Fsp3) is 0.333. The monoisotopic (exact) mass is 439 g/mol. The summed E-state index contributed by atoms with van der Waals surface area (Å²) in [6, 6.07) is 9.77. The van der Waals surface area contributed by atoms with Gasteiger partial charge in [0.25, 0.3) is 0 Å². The van der Waals surface area contributed by atoms with Crippen LogP contribution in [0.2, 0.25) is 10.0 Å². The van der Waals surface area contributed by atoms with Crippen LogP contribution in [0.1, 0.15) is 31.9 Å². The maximum absolute atomic E-state index is 12.9. The zero-order valence-corrected chi connectivity index (χ0v) is 17.9. The van der Waals surface area contributed by atoms with Crippen molar-refractivity contribution >= 4 is 35.3 Å². The zero-order chi connectivity index (χ0) is 21.8. The van der Waals surface area contributed by atoms with Gasteiger partial charge in [0, 0.05) is 22.0 Å². The van der Waals surface area contributed by atoms with E-state index in [1.165, 1.54) is 12.1 Å². The highest BCUT2D eigenvalue weighted by molar-refractivity contribution is 6.36. The molecule has 1 atom stereocenters. The summed E-state index contributed by atoms with van der Waals surface area (Å²) in [6.45, 7) is 4.95. The van der Waals surface area contributed by atoms with E-state index in [1.54, 1.807) is 51.1 Å². The summed E-state index contributed by atoms with van der Waals surface area (Å²) in [7, 11) is 0. The minimum absolute atomic E-state index is 0.0108. The number of phenolic OH excluding ortho intramolecular Hbond substituents is 1. The molecule has 0 aliphatic heterocycles. The molecule has 29 heavy (non-hydrogen) atoms. The molecule has 0 heterocycles. The van der Waals surface area contributed by atoms with E-state index < -0.39 is 23.7 Å². The number of rotatable bonds is 6. The predicted octanol–water partition coefficient (Wildman–Crippen LogP) is 5.13. The molecule has 2 N–H and O–H groups in total. The molecular weight excluding hydrogens is 417 g/mol. The number of carboxylic acid groups (broad SMARTS) is 1. The van der Waals surface area contributed by atoms with Crippen LogP contribution >= 0.6 is 23.2 Å². The molecule has 0 radical (unpaired) electrons. The second-order valence-electron chi connectivity index (χ2n) is 7.53. The Labute approximate surface area is 179 Å². The van der Waals surface area contributed by atoms with Gasteiger partial charge in [0.15, 0.2) is 0 Å². The lowest BCUT2D eigenvalue weighted by atomic mass is 10.0. The van der Waals surface area contributed by atoms with Gasteiger partial charge >= 0.3 is 12.1 Å². The first kappa shape index (κ1) is 22.8. The van der Waals surface area contributed by atoms with Crippen LogP contribution in [0.25, 0.3) is 0 Å². The van der Waals surface area contributed by atoms with Crippen LogP contribution < -0.4 is 0 Å². The van der Waals surface area contributed by atoms with Crippen molar-refractivity contribution in [2.45, 2.75) is 45.4 Å². The average molecular weight is 440 g/mol. The summed E-state index contributed by atoms with van der Waals surface area (Å²) in [6.07, 6.45) is -0.781. The molecule has 0 bridgehead atoms. The van der Waals surface area contributed by atoms with E-state index >= 15 is 0 Å². The number of carbonyl (C=O) groups excluding carboxylic acids is 1. The molecular formula is C21H23Cl2NO5. The molecule has 0 unspecified atom stereocenters. The summed E-state index contributed by atoms with van der Waals surface area (Å²) in [5, 5.41) is 19.9. The largest absolute Gasteiger partial charge is 0.508 e. The van der Waals surface area contributed by atoms with Crippen molar-refractivity contribution in [3.8, 4) is 5.75 Å². The van der Waals surface area contributed by atoms with E-state index in [4.69, 9.17) is 27.9 Å². The molecule has 0 aromatic heterocycles. The third-order valence-corrected chi connectivity index (χ3v) is 4.75. The van der Waals surface area contributed by atoms with Crippen LogP contribution in [-0.4, -0.2) is 38.8 Å². The van der Waals surface area contributed by atoms with Gasteiger partial charge in [-0.15, -0.1) is 0 Å². The highest BCUT2D eigenvalue weighted by atomic mass is 35.5. The number of carboxylic acids is 1. The number of aliphatic carboxylic acids is 1. The van der Waals surface area contributed by atoms with Crippen molar-refractivity contribution in [1.29, 1.82) is 0 Å². The maximum atomic E-state index is 12.9. The second-order valence-corrected chi connectivity index (χ2v) is 8.35. The van der Waals surface area contributed by atoms with Crippen molar-refractivity contribution in [3.63, 3.8) is 0 Å².